The Labute approximate surface area is 171 Å². The van der Waals surface area contributed by atoms with Crippen molar-refractivity contribution < 1.29 is 13.2 Å². The highest BCUT2D eigenvalue weighted by atomic mass is 32.2. The summed E-state index contributed by atoms with van der Waals surface area (Å²) in [5, 5.41) is 3.14. The molecule has 7 heteroatoms. The van der Waals surface area contributed by atoms with Crippen molar-refractivity contribution >= 4 is 23.6 Å². The molecule has 0 bridgehead atoms. The predicted molar refractivity (Wildman–Crippen MR) is 110 cm³/mol. The van der Waals surface area contributed by atoms with E-state index in [1.165, 1.54) is 36.2 Å². The van der Waals surface area contributed by atoms with E-state index in [9.17, 15) is 13.2 Å². The van der Waals surface area contributed by atoms with E-state index in [1.807, 2.05) is 0 Å². The number of guanidine groups is 1. The Morgan fingerprint density at radius 1 is 0.931 bits per heavy atom. The van der Waals surface area contributed by atoms with Crippen LogP contribution < -0.4 is 10.0 Å². The van der Waals surface area contributed by atoms with Crippen molar-refractivity contribution in [2.24, 2.45) is 4.99 Å². The minimum Gasteiger partial charge on any atom is -0.324 e. The lowest BCUT2D eigenvalue weighted by molar-refractivity contribution is 0.581. The molecule has 1 unspecified atom stereocenters. The number of hydrogen-bond acceptors (Lipinski definition) is 2. The van der Waals surface area contributed by atoms with Crippen LogP contribution >= 0.6 is 11.9 Å². The summed E-state index contributed by atoms with van der Waals surface area (Å²) in [6.45, 7) is 2.11. The number of nitrogens with one attached hydrogen (secondary N) is 2. The van der Waals surface area contributed by atoms with Crippen LogP contribution in [0.15, 0.2) is 70.6 Å². The van der Waals surface area contributed by atoms with Crippen LogP contribution in [0.5, 0.6) is 0 Å². The van der Waals surface area contributed by atoms with Crippen LogP contribution in [0.1, 0.15) is 29.5 Å². The van der Waals surface area contributed by atoms with Crippen LogP contribution in [0.4, 0.5) is 18.9 Å². The fourth-order valence-electron chi connectivity index (χ4n) is 3.27. The van der Waals surface area contributed by atoms with Gasteiger partial charge in [-0.25, -0.2) is 18.2 Å². The molecular weight excluding hydrogens is 395 g/mol. The summed E-state index contributed by atoms with van der Waals surface area (Å²) >= 11 is 1.31. The van der Waals surface area contributed by atoms with Crippen molar-refractivity contribution in [1.29, 1.82) is 0 Å². The topological polar surface area (TPSA) is 36.4 Å². The van der Waals surface area contributed by atoms with Crippen LogP contribution in [-0.4, -0.2) is 5.96 Å². The molecule has 2 N–H and O–H groups in total. The van der Waals surface area contributed by atoms with Crippen molar-refractivity contribution in [3.63, 3.8) is 0 Å². The van der Waals surface area contributed by atoms with E-state index in [4.69, 9.17) is 0 Å². The molecule has 3 aromatic carbocycles. The molecule has 1 heterocycles. The molecule has 0 saturated heterocycles. The molecule has 0 spiro atoms. The molecule has 3 aromatic rings. The summed E-state index contributed by atoms with van der Waals surface area (Å²) in [6, 6.07) is 15.5. The van der Waals surface area contributed by atoms with Crippen molar-refractivity contribution in [3.8, 4) is 0 Å². The predicted octanol–water partition coefficient (Wildman–Crippen LogP) is 5.83. The van der Waals surface area contributed by atoms with Gasteiger partial charge in [0.25, 0.3) is 0 Å². The normalized spacial score (nSPS) is 15.4. The second kappa shape index (κ2) is 8.21. The van der Waals surface area contributed by atoms with Gasteiger partial charge in [-0.2, -0.15) is 0 Å². The minimum atomic E-state index is -0.490. The van der Waals surface area contributed by atoms with Crippen LogP contribution in [0.2, 0.25) is 0 Å². The van der Waals surface area contributed by atoms with Gasteiger partial charge in [0.2, 0.25) is 5.96 Å². The van der Waals surface area contributed by atoms with Gasteiger partial charge in [-0.3, -0.25) is 4.72 Å². The molecule has 0 saturated carbocycles. The first-order valence-electron chi connectivity index (χ1n) is 9.08. The number of hydrogen-bond donors (Lipinski definition) is 2. The molecule has 148 valence electrons. The SMILES string of the molecule is CC(c1ccccc1F)c1c(F)ccc2c1NC(=NCc1ccc(F)cc1)NS2. The number of benzene rings is 3. The molecule has 1 atom stereocenters. The van der Waals surface area contributed by atoms with E-state index in [-0.39, 0.29) is 11.6 Å². The highest BCUT2D eigenvalue weighted by Crippen LogP contribution is 2.40. The summed E-state index contributed by atoms with van der Waals surface area (Å²) in [5.74, 6) is -1.12. The van der Waals surface area contributed by atoms with Gasteiger partial charge < -0.3 is 5.32 Å². The Hall–Kier alpha value is -2.93. The zero-order chi connectivity index (χ0) is 20.4. The maximum absolute atomic E-state index is 14.8. The summed E-state index contributed by atoms with van der Waals surface area (Å²) in [4.78, 5) is 5.25. The summed E-state index contributed by atoms with van der Waals surface area (Å²) in [6.07, 6.45) is 0. The van der Waals surface area contributed by atoms with E-state index in [0.29, 0.717) is 29.3 Å². The van der Waals surface area contributed by atoms with Crippen LogP contribution in [0.25, 0.3) is 0 Å². The second-order valence-electron chi connectivity index (χ2n) is 6.70. The van der Waals surface area contributed by atoms with Gasteiger partial charge in [-0.15, -0.1) is 0 Å². The van der Waals surface area contributed by atoms with E-state index in [2.05, 4.69) is 15.0 Å². The number of nitrogens with zero attached hydrogens (tertiary/aromatic N) is 1. The van der Waals surface area contributed by atoms with Gasteiger partial charge >= 0.3 is 0 Å². The standard InChI is InChI=1S/C22H18F3N3S/c1-13(16-4-2-3-5-17(16)24)20-18(25)10-11-19-21(20)27-22(28-29-19)26-12-14-6-8-15(23)9-7-14/h2-11,13H,12H2,1H3,(H2,26,27,28). The second-order valence-corrected chi connectivity index (χ2v) is 7.55. The highest BCUT2D eigenvalue weighted by molar-refractivity contribution is 7.98. The maximum Gasteiger partial charge on any atom is 0.206 e. The van der Waals surface area contributed by atoms with Crippen molar-refractivity contribution in [3.05, 3.63) is 94.8 Å². The van der Waals surface area contributed by atoms with Gasteiger partial charge in [-0.1, -0.05) is 37.3 Å². The van der Waals surface area contributed by atoms with Crippen molar-refractivity contribution in [2.45, 2.75) is 24.3 Å². The molecule has 0 fully saturated rings. The lowest BCUT2D eigenvalue weighted by Crippen LogP contribution is -2.30. The molecule has 29 heavy (non-hydrogen) atoms. The molecule has 0 amide bonds. The number of rotatable bonds is 4. The number of aliphatic imine (C=N–C) groups is 1. The van der Waals surface area contributed by atoms with Gasteiger partial charge in [0.1, 0.15) is 17.5 Å². The van der Waals surface area contributed by atoms with Gasteiger partial charge in [0.05, 0.1) is 17.1 Å². The molecule has 3 nitrogen and oxygen atoms in total. The van der Waals surface area contributed by atoms with Gasteiger partial charge in [-0.05, 0) is 53.4 Å². The molecule has 0 radical (unpaired) electrons. The fourth-order valence-corrected chi connectivity index (χ4v) is 3.99. The van der Waals surface area contributed by atoms with E-state index >= 15 is 0 Å². The highest BCUT2D eigenvalue weighted by Gasteiger charge is 2.25. The Morgan fingerprint density at radius 2 is 1.69 bits per heavy atom. The summed E-state index contributed by atoms with van der Waals surface area (Å²) in [5.41, 5.74) is 2.23. The van der Waals surface area contributed by atoms with Crippen LogP contribution in [0.3, 0.4) is 0 Å². The largest absolute Gasteiger partial charge is 0.324 e. The quantitative estimate of drug-likeness (QED) is 0.528. The average Bonchev–Trinajstić information content (AvgIpc) is 2.73. The Morgan fingerprint density at radius 3 is 2.45 bits per heavy atom. The first kappa shape index (κ1) is 19.4. The average molecular weight is 413 g/mol. The first-order valence-corrected chi connectivity index (χ1v) is 9.90. The molecule has 4 rings (SSSR count). The van der Waals surface area contributed by atoms with Gasteiger partial charge in [0, 0.05) is 11.5 Å². The number of halogens is 3. The zero-order valence-electron chi connectivity index (χ0n) is 15.5. The van der Waals surface area contributed by atoms with E-state index < -0.39 is 11.7 Å². The molecule has 1 aliphatic heterocycles. The smallest absolute Gasteiger partial charge is 0.206 e. The van der Waals surface area contributed by atoms with Crippen molar-refractivity contribution in [1.82, 2.24) is 4.72 Å². The third kappa shape index (κ3) is 4.10. The Kier molecular flexibility index (Phi) is 5.49. The van der Waals surface area contributed by atoms with Crippen molar-refractivity contribution in [2.75, 3.05) is 5.32 Å². The molecular formula is C22H18F3N3S. The van der Waals surface area contributed by atoms with Gasteiger partial charge in [0.15, 0.2) is 0 Å². The number of fused-ring (bicyclic) bond motifs is 1. The van der Waals surface area contributed by atoms with Crippen LogP contribution in [0, 0.1) is 17.5 Å². The third-order valence-corrected chi connectivity index (χ3v) is 5.65. The summed E-state index contributed by atoms with van der Waals surface area (Å²) < 4.78 is 45.2. The Bertz CT molecular complexity index is 1070. The summed E-state index contributed by atoms with van der Waals surface area (Å²) in [7, 11) is 0. The van der Waals surface area contributed by atoms with E-state index in [1.54, 1.807) is 43.3 Å². The van der Waals surface area contributed by atoms with Crippen LogP contribution in [-0.2, 0) is 6.54 Å². The zero-order valence-corrected chi connectivity index (χ0v) is 16.4. The lowest BCUT2D eigenvalue weighted by Gasteiger charge is -2.26. The molecule has 0 aromatic heterocycles. The third-order valence-electron chi connectivity index (χ3n) is 4.79. The minimum absolute atomic E-state index is 0.304. The maximum atomic E-state index is 14.8. The monoisotopic (exact) mass is 413 g/mol. The molecule has 0 aliphatic carbocycles. The lowest BCUT2D eigenvalue weighted by atomic mass is 9.91. The fraction of sp³-hybridized carbons (Fsp3) is 0.136. The first-order chi connectivity index (χ1) is 14.0. The Balaban J connectivity index is 1.65. The number of anilines is 1. The van der Waals surface area contributed by atoms with E-state index in [0.717, 1.165) is 10.5 Å². The molecule has 1 aliphatic rings.